The van der Waals surface area contributed by atoms with E-state index in [4.69, 9.17) is 4.42 Å². The van der Waals surface area contributed by atoms with Crippen LogP contribution in [0.3, 0.4) is 0 Å². The van der Waals surface area contributed by atoms with Gasteiger partial charge in [0.1, 0.15) is 11.5 Å². The summed E-state index contributed by atoms with van der Waals surface area (Å²) in [5, 5.41) is 2.81. The van der Waals surface area contributed by atoms with Crippen LogP contribution in [0.5, 0.6) is 0 Å². The minimum Gasteiger partial charge on any atom is -0.467 e. The minimum absolute atomic E-state index is 0.198. The van der Waals surface area contributed by atoms with E-state index in [0.717, 1.165) is 44.2 Å². The van der Waals surface area contributed by atoms with Crippen LogP contribution in [0.1, 0.15) is 21.8 Å². The van der Waals surface area contributed by atoms with Gasteiger partial charge in [0.05, 0.1) is 24.7 Å². The third kappa shape index (κ3) is 4.58. The van der Waals surface area contributed by atoms with Crippen LogP contribution in [-0.4, -0.2) is 42.0 Å². The number of aromatic nitrogens is 1. The van der Waals surface area contributed by atoms with Crippen molar-refractivity contribution in [2.75, 3.05) is 31.1 Å². The summed E-state index contributed by atoms with van der Waals surface area (Å²) >= 11 is 0. The zero-order valence-corrected chi connectivity index (χ0v) is 15.8. The van der Waals surface area contributed by atoms with Crippen LogP contribution in [-0.2, 0) is 13.1 Å². The molecular weight excluding hydrogens is 352 g/mol. The second-order valence-electron chi connectivity index (χ2n) is 6.91. The van der Waals surface area contributed by atoms with Gasteiger partial charge in [0.25, 0.3) is 5.91 Å². The first-order chi connectivity index (χ1) is 13.8. The second-order valence-corrected chi connectivity index (χ2v) is 6.91. The molecule has 1 fully saturated rings. The van der Waals surface area contributed by atoms with Crippen LogP contribution < -0.4 is 10.2 Å². The quantitative estimate of drug-likeness (QED) is 0.717. The molecule has 1 aromatic carbocycles. The van der Waals surface area contributed by atoms with E-state index in [-0.39, 0.29) is 5.91 Å². The monoisotopic (exact) mass is 376 g/mol. The number of piperazine rings is 1. The summed E-state index contributed by atoms with van der Waals surface area (Å²) in [7, 11) is 0. The van der Waals surface area contributed by atoms with Crippen LogP contribution >= 0.6 is 0 Å². The highest BCUT2D eigenvalue weighted by Crippen LogP contribution is 2.17. The van der Waals surface area contributed by atoms with Crippen LogP contribution in [0.2, 0.25) is 0 Å². The molecule has 1 amide bonds. The Morgan fingerprint density at radius 1 is 1.00 bits per heavy atom. The van der Waals surface area contributed by atoms with Crippen molar-refractivity contribution < 1.29 is 9.21 Å². The Morgan fingerprint density at radius 3 is 2.50 bits per heavy atom. The van der Waals surface area contributed by atoms with E-state index in [2.05, 4.69) is 50.4 Å². The van der Waals surface area contributed by atoms with Crippen molar-refractivity contribution in [3.63, 3.8) is 0 Å². The fourth-order valence-electron chi connectivity index (χ4n) is 3.38. The molecule has 6 nitrogen and oxygen atoms in total. The Hall–Kier alpha value is -3.12. The summed E-state index contributed by atoms with van der Waals surface area (Å²) in [6.45, 7) is 5.29. The Kier molecular flexibility index (Phi) is 5.68. The van der Waals surface area contributed by atoms with E-state index in [9.17, 15) is 4.79 Å². The van der Waals surface area contributed by atoms with Gasteiger partial charge in [0, 0.05) is 32.7 Å². The van der Waals surface area contributed by atoms with Crippen LogP contribution in [0.15, 0.2) is 71.5 Å². The summed E-state index contributed by atoms with van der Waals surface area (Å²) in [5.74, 6) is 0.522. The third-order valence-corrected chi connectivity index (χ3v) is 4.97. The number of furan rings is 1. The van der Waals surface area contributed by atoms with Crippen LogP contribution in [0.4, 0.5) is 5.69 Å². The van der Waals surface area contributed by atoms with Gasteiger partial charge >= 0.3 is 0 Å². The molecular formula is C22H24N4O2. The lowest BCUT2D eigenvalue weighted by Gasteiger charge is -2.36. The van der Waals surface area contributed by atoms with Crippen molar-refractivity contribution in [1.29, 1.82) is 0 Å². The molecule has 3 aromatic rings. The smallest absolute Gasteiger partial charge is 0.270 e. The number of anilines is 1. The maximum atomic E-state index is 12.2. The third-order valence-electron chi connectivity index (χ3n) is 4.97. The lowest BCUT2D eigenvalue weighted by molar-refractivity contribution is 0.0943. The SMILES string of the molecule is O=C(NCc1ccco1)c1ccc(N2CCN(Cc3ccccc3)CC2)cn1. The molecule has 4 rings (SSSR count). The van der Waals surface area contributed by atoms with Gasteiger partial charge in [-0.3, -0.25) is 9.69 Å². The molecule has 0 unspecified atom stereocenters. The molecule has 0 bridgehead atoms. The number of nitrogens with zero attached hydrogens (tertiary/aromatic N) is 3. The van der Waals surface area contributed by atoms with Crippen LogP contribution in [0, 0.1) is 0 Å². The number of nitrogens with one attached hydrogen (secondary N) is 1. The lowest BCUT2D eigenvalue weighted by atomic mass is 10.2. The van der Waals surface area contributed by atoms with Gasteiger partial charge in [-0.15, -0.1) is 0 Å². The summed E-state index contributed by atoms with van der Waals surface area (Å²) in [6.07, 6.45) is 3.38. The summed E-state index contributed by atoms with van der Waals surface area (Å²) in [6, 6.07) is 18.0. The topological polar surface area (TPSA) is 61.6 Å². The normalized spacial score (nSPS) is 14.8. The highest BCUT2D eigenvalue weighted by atomic mass is 16.3. The molecule has 0 spiro atoms. The van der Waals surface area contributed by atoms with Gasteiger partial charge in [0.15, 0.2) is 0 Å². The van der Waals surface area contributed by atoms with Crippen LogP contribution in [0.25, 0.3) is 0 Å². The van der Waals surface area contributed by atoms with Crippen molar-refractivity contribution in [1.82, 2.24) is 15.2 Å². The Morgan fingerprint density at radius 2 is 1.82 bits per heavy atom. The first-order valence-electron chi connectivity index (χ1n) is 9.56. The number of pyridine rings is 1. The van der Waals surface area contributed by atoms with E-state index in [0.29, 0.717) is 12.2 Å². The first-order valence-corrected chi connectivity index (χ1v) is 9.56. The molecule has 3 heterocycles. The Bertz CT molecular complexity index is 871. The first kappa shape index (κ1) is 18.3. The van der Waals surface area contributed by atoms with Gasteiger partial charge in [-0.1, -0.05) is 30.3 Å². The van der Waals surface area contributed by atoms with Gasteiger partial charge in [-0.25, -0.2) is 4.98 Å². The molecule has 1 saturated heterocycles. The molecule has 1 aliphatic heterocycles. The summed E-state index contributed by atoms with van der Waals surface area (Å²) in [4.78, 5) is 21.3. The zero-order chi connectivity index (χ0) is 19.2. The van der Waals surface area contributed by atoms with Gasteiger partial charge in [-0.05, 0) is 29.8 Å². The van der Waals surface area contributed by atoms with Crippen molar-refractivity contribution in [3.8, 4) is 0 Å². The zero-order valence-electron chi connectivity index (χ0n) is 15.8. The number of benzene rings is 1. The average molecular weight is 376 g/mol. The molecule has 0 saturated carbocycles. The van der Waals surface area contributed by atoms with E-state index in [1.807, 2.05) is 12.1 Å². The maximum Gasteiger partial charge on any atom is 0.270 e. The van der Waals surface area contributed by atoms with Gasteiger partial charge < -0.3 is 14.6 Å². The standard InChI is InChI=1S/C22H24N4O2/c27-22(24-16-20-7-4-14-28-20)21-9-8-19(15-23-21)26-12-10-25(11-13-26)17-18-5-2-1-3-6-18/h1-9,14-15H,10-13,16-17H2,(H,24,27). The molecule has 0 radical (unpaired) electrons. The molecule has 28 heavy (non-hydrogen) atoms. The summed E-state index contributed by atoms with van der Waals surface area (Å²) in [5.41, 5.74) is 2.82. The number of hydrogen-bond acceptors (Lipinski definition) is 5. The van der Waals surface area contributed by atoms with Gasteiger partial charge in [-0.2, -0.15) is 0 Å². The highest BCUT2D eigenvalue weighted by molar-refractivity contribution is 5.92. The highest BCUT2D eigenvalue weighted by Gasteiger charge is 2.18. The fourth-order valence-corrected chi connectivity index (χ4v) is 3.38. The molecule has 0 aliphatic carbocycles. The van der Waals surface area contributed by atoms with Crippen molar-refractivity contribution >= 4 is 11.6 Å². The Balaban J connectivity index is 1.28. The fraction of sp³-hybridized carbons (Fsp3) is 0.273. The number of hydrogen-bond donors (Lipinski definition) is 1. The number of carbonyl (C=O) groups excluding carboxylic acids is 1. The number of rotatable bonds is 6. The molecule has 1 aliphatic rings. The molecule has 6 heteroatoms. The largest absolute Gasteiger partial charge is 0.467 e. The van der Waals surface area contributed by atoms with Crippen molar-refractivity contribution in [2.45, 2.75) is 13.1 Å². The van der Waals surface area contributed by atoms with Gasteiger partial charge in [0.2, 0.25) is 0 Å². The van der Waals surface area contributed by atoms with E-state index in [1.54, 1.807) is 24.6 Å². The molecule has 2 aromatic heterocycles. The Labute approximate surface area is 164 Å². The predicted octanol–water partition coefficient (Wildman–Crippen LogP) is 2.93. The molecule has 0 atom stereocenters. The summed E-state index contributed by atoms with van der Waals surface area (Å²) < 4.78 is 5.22. The predicted molar refractivity (Wildman–Crippen MR) is 108 cm³/mol. The molecule has 144 valence electrons. The second kappa shape index (κ2) is 8.71. The van der Waals surface area contributed by atoms with Crippen molar-refractivity contribution in [2.24, 2.45) is 0 Å². The van der Waals surface area contributed by atoms with E-state index in [1.165, 1.54) is 5.56 Å². The van der Waals surface area contributed by atoms with E-state index < -0.39 is 0 Å². The average Bonchev–Trinajstić information content (AvgIpc) is 3.27. The van der Waals surface area contributed by atoms with E-state index >= 15 is 0 Å². The minimum atomic E-state index is -0.198. The maximum absolute atomic E-state index is 12.2. The number of amides is 1. The lowest BCUT2D eigenvalue weighted by Crippen LogP contribution is -2.46. The number of carbonyl (C=O) groups is 1. The van der Waals surface area contributed by atoms with Crippen molar-refractivity contribution in [3.05, 3.63) is 84.1 Å². The molecule has 1 N–H and O–H groups in total.